The van der Waals surface area contributed by atoms with Gasteiger partial charge in [-0.05, 0) is 45.7 Å². The average molecular weight is 301 g/mol. The van der Waals surface area contributed by atoms with Crippen LogP contribution in [0.4, 0.5) is 0 Å². The predicted octanol–water partition coefficient (Wildman–Crippen LogP) is 3.13. The van der Waals surface area contributed by atoms with Gasteiger partial charge in [-0.15, -0.1) is 0 Å². The highest BCUT2D eigenvalue weighted by atomic mass is 16.3. The fourth-order valence-electron chi connectivity index (χ4n) is 3.41. The molecule has 1 amide bonds. The minimum atomic E-state index is -0.155. The van der Waals surface area contributed by atoms with Crippen molar-refractivity contribution in [3.05, 3.63) is 41.1 Å². The molecule has 118 valence electrons. The number of nitrogens with one attached hydrogen (secondary N) is 1. The van der Waals surface area contributed by atoms with Crippen LogP contribution in [0.3, 0.4) is 0 Å². The first kappa shape index (κ1) is 14.9. The van der Waals surface area contributed by atoms with Crippen molar-refractivity contribution >= 4 is 5.91 Å². The zero-order valence-corrected chi connectivity index (χ0v) is 13.4. The van der Waals surface area contributed by atoms with Gasteiger partial charge in [0.2, 0.25) is 5.91 Å². The van der Waals surface area contributed by atoms with Crippen molar-refractivity contribution in [2.45, 2.75) is 45.4 Å². The van der Waals surface area contributed by atoms with E-state index >= 15 is 0 Å². The highest BCUT2D eigenvalue weighted by Gasteiger charge is 2.30. The van der Waals surface area contributed by atoms with Crippen molar-refractivity contribution < 1.29 is 9.21 Å². The van der Waals surface area contributed by atoms with Crippen molar-refractivity contribution in [1.29, 1.82) is 0 Å². The minimum Gasteiger partial charge on any atom is -0.466 e. The molecule has 2 unspecified atom stereocenters. The van der Waals surface area contributed by atoms with E-state index in [9.17, 15) is 4.79 Å². The molecule has 5 heteroatoms. The molecule has 2 aromatic heterocycles. The van der Waals surface area contributed by atoms with Crippen LogP contribution < -0.4 is 0 Å². The number of piperidine rings is 1. The van der Waals surface area contributed by atoms with Crippen LogP contribution >= 0.6 is 0 Å². The molecule has 1 fully saturated rings. The molecule has 1 N–H and O–H groups in total. The Morgan fingerprint density at radius 1 is 1.50 bits per heavy atom. The molecule has 2 atom stereocenters. The fraction of sp³-hybridized carbons (Fsp3) is 0.529. The molecule has 3 heterocycles. The van der Waals surface area contributed by atoms with Crippen LogP contribution in [0.1, 0.15) is 54.4 Å². The monoisotopic (exact) mass is 301 g/mol. The summed E-state index contributed by atoms with van der Waals surface area (Å²) >= 11 is 0. The number of hydrogen-bond acceptors (Lipinski definition) is 3. The zero-order valence-electron chi connectivity index (χ0n) is 13.4. The number of aryl methyl sites for hydroxylation is 2. The molecule has 0 bridgehead atoms. The lowest BCUT2D eigenvalue weighted by Gasteiger charge is -2.34. The Kier molecular flexibility index (Phi) is 4.05. The number of rotatable bonds is 3. The van der Waals surface area contributed by atoms with Crippen LogP contribution in [0.15, 0.2) is 22.7 Å². The number of likely N-dealkylation sites (tertiary alicyclic amines) is 1. The van der Waals surface area contributed by atoms with Gasteiger partial charge in [0.05, 0.1) is 5.92 Å². The molecular formula is C17H23N3O2. The Morgan fingerprint density at radius 2 is 2.32 bits per heavy atom. The Bertz CT molecular complexity index is 645. The standard InChI is InChI=1S/C17H23N3O2/c1-11-9-15(13(3)22-11)12(2)17(21)20-8-4-5-14(10-20)16-6-7-18-19-16/h6-7,9,12,14H,4-5,8,10H2,1-3H3,(H,18,19). The lowest BCUT2D eigenvalue weighted by atomic mass is 9.92. The van der Waals surface area contributed by atoms with Gasteiger partial charge in [0, 0.05) is 36.5 Å². The normalized spacial score (nSPS) is 20.1. The summed E-state index contributed by atoms with van der Waals surface area (Å²) in [6, 6.07) is 3.99. The summed E-state index contributed by atoms with van der Waals surface area (Å²) in [6.45, 7) is 7.42. The summed E-state index contributed by atoms with van der Waals surface area (Å²) in [6.07, 6.45) is 3.91. The van der Waals surface area contributed by atoms with E-state index in [1.807, 2.05) is 37.8 Å². The van der Waals surface area contributed by atoms with Crippen LogP contribution in [0.2, 0.25) is 0 Å². The summed E-state index contributed by atoms with van der Waals surface area (Å²) in [5.41, 5.74) is 2.13. The van der Waals surface area contributed by atoms with Gasteiger partial charge in [0.25, 0.3) is 0 Å². The first-order chi connectivity index (χ1) is 10.6. The first-order valence-electron chi connectivity index (χ1n) is 7.91. The van der Waals surface area contributed by atoms with Crippen molar-refractivity contribution in [2.24, 2.45) is 0 Å². The van der Waals surface area contributed by atoms with Crippen molar-refractivity contribution in [3.8, 4) is 0 Å². The molecule has 3 rings (SSSR count). The molecular weight excluding hydrogens is 278 g/mol. The van der Waals surface area contributed by atoms with E-state index in [0.717, 1.165) is 48.7 Å². The van der Waals surface area contributed by atoms with Crippen LogP contribution in [0.5, 0.6) is 0 Å². The molecule has 0 aliphatic carbocycles. The summed E-state index contributed by atoms with van der Waals surface area (Å²) < 4.78 is 5.57. The summed E-state index contributed by atoms with van der Waals surface area (Å²) in [4.78, 5) is 14.8. The van der Waals surface area contributed by atoms with E-state index in [0.29, 0.717) is 5.92 Å². The lowest BCUT2D eigenvalue weighted by molar-refractivity contribution is -0.133. The van der Waals surface area contributed by atoms with E-state index < -0.39 is 0 Å². The number of aromatic nitrogens is 2. The number of furan rings is 1. The molecule has 0 aromatic carbocycles. The smallest absolute Gasteiger partial charge is 0.229 e. The van der Waals surface area contributed by atoms with Gasteiger partial charge >= 0.3 is 0 Å². The van der Waals surface area contributed by atoms with E-state index in [2.05, 4.69) is 10.2 Å². The highest BCUT2D eigenvalue weighted by Crippen LogP contribution is 2.29. The zero-order chi connectivity index (χ0) is 15.7. The average Bonchev–Trinajstić information content (AvgIpc) is 3.15. The summed E-state index contributed by atoms with van der Waals surface area (Å²) in [5.74, 6) is 2.10. The number of H-pyrrole nitrogens is 1. The van der Waals surface area contributed by atoms with Crippen molar-refractivity contribution in [3.63, 3.8) is 0 Å². The third-order valence-corrected chi connectivity index (χ3v) is 4.61. The minimum absolute atomic E-state index is 0.155. The van der Waals surface area contributed by atoms with Gasteiger partial charge in [-0.2, -0.15) is 5.10 Å². The number of carbonyl (C=O) groups excluding carboxylic acids is 1. The summed E-state index contributed by atoms with van der Waals surface area (Å²) in [7, 11) is 0. The van der Waals surface area contributed by atoms with E-state index in [4.69, 9.17) is 4.42 Å². The van der Waals surface area contributed by atoms with Gasteiger partial charge in [-0.1, -0.05) is 0 Å². The molecule has 2 aromatic rings. The van der Waals surface area contributed by atoms with E-state index in [1.165, 1.54) is 0 Å². The number of nitrogens with zero attached hydrogens (tertiary/aromatic N) is 2. The molecule has 0 radical (unpaired) electrons. The fourth-order valence-corrected chi connectivity index (χ4v) is 3.41. The molecule has 1 aliphatic heterocycles. The largest absolute Gasteiger partial charge is 0.466 e. The molecule has 22 heavy (non-hydrogen) atoms. The second-order valence-corrected chi connectivity index (χ2v) is 6.23. The third-order valence-electron chi connectivity index (χ3n) is 4.61. The van der Waals surface area contributed by atoms with Crippen LogP contribution in [0, 0.1) is 13.8 Å². The summed E-state index contributed by atoms with van der Waals surface area (Å²) in [5, 5.41) is 7.06. The second kappa shape index (κ2) is 5.99. The Balaban J connectivity index is 1.72. The van der Waals surface area contributed by atoms with E-state index in [1.54, 1.807) is 6.20 Å². The van der Waals surface area contributed by atoms with Crippen molar-refractivity contribution in [1.82, 2.24) is 15.1 Å². The molecule has 1 aliphatic rings. The van der Waals surface area contributed by atoms with Gasteiger partial charge in [0.15, 0.2) is 0 Å². The maximum absolute atomic E-state index is 12.8. The molecule has 0 saturated carbocycles. The predicted molar refractivity (Wildman–Crippen MR) is 83.7 cm³/mol. The number of hydrogen-bond donors (Lipinski definition) is 1. The number of aromatic amines is 1. The second-order valence-electron chi connectivity index (χ2n) is 6.23. The van der Waals surface area contributed by atoms with Gasteiger partial charge in [-0.3, -0.25) is 9.89 Å². The molecule has 5 nitrogen and oxygen atoms in total. The quantitative estimate of drug-likeness (QED) is 0.947. The third kappa shape index (κ3) is 2.80. The van der Waals surface area contributed by atoms with E-state index in [-0.39, 0.29) is 11.8 Å². The van der Waals surface area contributed by atoms with Crippen LogP contribution in [-0.2, 0) is 4.79 Å². The van der Waals surface area contributed by atoms with Crippen LogP contribution in [0.25, 0.3) is 0 Å². The Morgan fingerprint density at radius 3 is 2.95 bits per heavy atom. The maximum Gasteiger partial charge on any atom is 0.229 e. The van der Waals surface area contributed by atoms with Crippen LogP contribution in [-0.4, -0.2) is 34.1 Å². The number of amides is 1. The van der Waals surface area contributed by atoms with Crippen molar-refractivity contribution in [2.75, 3.05) is 13.1 Å². The maximum atomic E-state index is 12.8. The first-order valence-corrected chi connectivity index (χ1v) is 7.91. The topological polar surface area (TPSA) is 62.1 Å². The van der Waals surface area contributed by atoms with Gasteiger partial charge in [-0.25, -0.2) is 0 Å². The van der Waals surface area contributed by atoms with Gasteiger partial charge in [0.1, 0.15) is 11.5 Å². The lowest BCUT2D eigenvalue weighted by Crippen LogP contribution is -2.41. The SMILES string of the molecule is Cc1cc(C(C)C(=O)N2CCCC(c3ccn[nH]3)C2)c(C)o1. The number of carbonyl (C=O) groups is 1. The molecule has 1 saturated heterocycles. The van der Waals surface area contributed by atoms with Gasteiger partial charge < -0.3 is 9.32 Å². The molecule has 0 spiro atoms. The highest BCUT2D eigenvalue weighted by molar-refractivity contribution is 5.83. The Labute approximate surface area is 130 Å². The Hall–Kier alpha value is -2.04.